The molecule has 1 saturated carbocycles. The van der Waals surface area contributed by atoms with Crippen molar-refractivity contribution in [3.63, 3.8) is 0 Å². The third kappa shape index (κ3) is 3.53. The van der Waals surface area contributed by atoms with Crippen LogP contribution in [0.3, 0.4) is 0 Å². The summed E-state index contributed by atoms with van der Waals surface area (Å²) in [6, 6.07) is 4.16. The highest BCUT2D eigenvalue weighted by Gasteiger charge is 2.42. The topological polar surface area (TPSA) is 18.5 Å². The van der Waals surface area contributed by atoms with Gasteiger partial charge < -0.3 is 9.47 Å². The second-order valence-corrected chi connectivity index (χ2v) is 7.08. The fourth-order valence-electron chi connectivity index (χ4n) is 2.26. The van der Waals surface area contributed by atoms with Gasteiger partial charge in [-0.15, -0.1) is 0 Å². The lowest BCUT2D eigenvalue weighted by atomic mass is 9.91. The molecule has 1 aromatic rings. The monoisotopic (exact) mass is 390 g/mol. The normalized spacial score (nSPS) is 26.1. The molecule has 0 N–H and O–H groups in total. The predicted molar refractivity (Wildman–Crippen MR) is 85.4 cm³/mol. The number of hydrogen-bond acceptors (Lipinski definition) is 2. The van der Waals surface area contributed by atoms with Crippen molar-refractivity contribution >= 4 is 31.9 Å². The van der Waals surface area contributed by atoms with Gasteiger partial charge in [0.2, 0.25) is 0 Å². The minimum atomic E-state index is 0.163. The van der Waals surface area contributed by atoms with E-state index in [0.29, 0.717) is 4.83 Å². The van der Waals surface area contributed by atoms with Gasteiger partial charge >= 0.3 is 0 Å². The highest BCUT2D eigenvalue weighted by atomic mass is 79.9. The van der Waals surface area contributed by atoms with Gasteiger partial charge in [0.1, 0.15) is 18.0 Å². The zero-order chi connectivity index (χ0) is 14.0. The summed E-state index contributed by atoms with van der Waals surface area (Å²) >= 11 is 7.22. The zero-order valence-electron chi connectivity index (χ0n) is 11.6. The minimum Gasteiger partial charge on any atom is -0.488 e. The van der Waals surface area contributed by atoms with E-state index in [2.05, 4.69) is 64.8 Å². The van der Waals surface area contributed by atoms with Crippen LogP contribution in [-0.4, -0.2) is 23.6 Å². The van der Waals surface area contributed by atoms with Gasteiger partial charge in [0.25, 0.3) is 0 Å². The Balaban J connectivity index is 2.01. The SMILES string of the molecule is CCCOC1C(Br)CC1Oc1cc(C)c(Br)c(C)c1. The summed E-state index contributed by atoms with van der Waals surface area (Å²) in [5, 5.41) is 0. The second kappa shape index (κ2) is 6.59. The van der Waals surface area contributed by atoms with Crippen LogP contribution in [0.1, 0.15) is 30.9 Å². The summed E-state index contributed by atoms with van der Waals surface area (Å²) in [5.74, 6) is 0.938. The lowest BCUT2D eigenvalue weighted by Gasteiger charge is -2.41. The number of ether oxygens (including phenoxy) is 2. The molecule has 4 heteroatoms. The first-order valence-corrected chi connectivity index (χ1v) is 8.43. The van der Waals surface area contributed by atoms with Gasteiger partial charge in [0.15, 0.2) is 0 Å². The molecule has 0 bridgehead atoms. The van der Waals surface area contributed by atoms with E-state index in [1.54, 1.807) is 0 Å². The maximum Gasteiger partial charge on any atom is 0.127 e. The molecular weight excluding hydrogens is 372 g/mol. The van der Waals surface area contributed by atoms with Crippen LogP contribution in [0.2, 0.25) is 0 Å². The maximum atomic E-state index is 6.07. The predicted octanol–water partition coefficient (Wildman–Crippen LogP) is 4.78. The average Bonchev–Trinajstić information content (AvgIpc) is 2.35. The molecule has 19 heavy (non-hydrogen) atoms. The fraction of sp³-hybridized carbons (Fsp3) is 0.600. The lowest BCUT2D eigenvalue weighted by Crippen LogP contribution is -2.52. The molecule has 106 valence electrons. The van der Waals surface area contributed by atoms with Gasteiger partial charge in [-0.05, 0) is 43.5 Å². The number of benzene rings is 1. The molecule has 3 atom stereocenters. The van der Waals surface area contributed by atoms with E-state index in [1.165, 1.54) is 11.1 Å². The first-order valence-electron chi connectivity index (χ1n) is 6.72. The Bertz CT molecular complexity index is 425. The van der Waals surface area contributed by atoms with Crippen LogP contribution >= 0.6 is 31.9 Å². The smallest absolute Gasteiger partial charge is 0.127 e. The van der Waals surface area contributed by atoms with Crippen molar-refractivity contribution in [2.45, 2.75) is 50.6 Å². The van der Waals surface area contributed by atoms with Crippen molar-refractivity contribution in [2.75, 3.05) is 6.61 Å². The van der Waals surface area contributed by atoms with E-state index in [0.717, 1.165) is 29.7 Å². The largest absolute Gasteiger partial charge is 0.488 e. The summed E-state index contributed by atoms with van der Waals surface area (Å²) in [7, 11) is 0. The Hall–Kier alpha value is -0.0600. The third-order valence-corrected chi connectivity index (χ3v) is 5.54. The molecule has 2 rings (SSSR count). The quantitative estimate of drug-likeness (QED) is 0.672. The Morgan fingerprint density at radius 1 is 1.26 bits per heavy atom. The van der Waals surface area contributed by atoms with E-state index >= 15 is 0 Å². The minimum absolute atomic E-state index is 0.163. The van der Waals surface area contributed by atoms with Crippen molar-refractivity contribution in [1.82, 2.24) is 0 Å². The van der Waals surface area contributed by atoms with E-state index in [4.69, 9.17) is 9.47 Å². The molecule has 1 aliphatic carbocycles. The third-order valence-electron chi connectivity index (χ3n) is 3.39. The summed E-state index contributed by atoms with van der Waals surface area (Å²) in [6.07, 6.45) is 2.38. The first-order chi connectivity index (χ1) is 9.02. The molecule has 0 amide bonds. The van der Waals surface area contributed by atoms with Crippen LogP contribution in [0.25, 0.3) is 0 Å². The molecule has 1 aromatic carbocycles. The van der Waals surface area contributed by atoms with Gasteiger partial charge in [0, 0.05) is 22.3 Å². The average molecular weight is 392 g/mol. The highest BCUT2D eigenvalue weighted by molar-refractivity contribution is 9.10. The molecule has 0 heterocycles. The zero-order valence-corrected chi connectivity index (χ0v) is 14.8. The first kappa shape index (κ1) is 15.3. The molecule has 0 spiro atoms. The van der Waals surface area contributed by atoms with Crippen molar-refractivity contribution in [1.29, 1.82) is 0 Å². The van der Waals surface area contributed by atoms with Gasteiger partial charge in [-0.25, -0.2) is 0 Å². The Kier molecular flexibility index (Phi) is 5.32. The van der Waals surface area contributed by atoms with Crippen LogP contribution in [-0.2, 0) is 4.74 Å². The van der Waals surface area contributed by atoms with Crippen molar-refractivity contribution < 1.29 is 9.47 Å². The van der Waals surface area contributed by atoms with Gasteiger partial charge in [-0.1, -0.05) is 38.8 Å². The number of rotatable bonds is 5. The van der Waals surface area contributed by atoms with Crippen LogP contribution in [0.15, 0.2) is 16.6 Å². The summed E-state index contributed by atoms with van der Waals surface area (Å²) in [4.78, 5) is 0.418. The van der Waals surface area contributed by atoms with E-state index in [-0.39, 0.29) is 12.2 Å². The molecule has 1 fully saturated rings. The van der Waals surface area contributed by atoms with E-state index in [9.17, 15) is 0 Å². The molecule has 0 saturated heterocycles. The highest BCUT2D eigenvalue weighted by Crippen LogP contribution is 2.35. The molecular formula is C15H20Br2O2. The summed E-state index contributed by atoms with van der Waals surface area (Å²) in [6.45, 7) is 7.09. The van der Waals surface area contributed by atoms with Crippen LogP contribution in [0.5, 0.6) is 5.75 Å². The van der Waals surface area contributed by atoms with Crippen LogP contribution < -0.4 is 4.74 Å². The fourth-order valence-corrected chi connectivity index (χ4v) is 3.35. The van der Waals surface area contributed by atoms with Gasteiger partial charge in [-0.3, -0.25) is 0 Å². The summed E-state index contributed by atoms with van der Waals surface area (Å²) in [5.41, 5.74) is 2.41. The Labute approximate surface area is 132 Å². The molecule has 2 nitrogen and oxygen atoms in total. The number of hydrogen-bond donors (Lipinski definition) is 0. The molecule has 0 radical (unpaired) electrons. The number of alkyl halides is 1. The molecule has 0 aliphatic heterocycles. The van der Waals surface area contributed by atoms with E-state index in [1.807, 2.05) is 0 Å². The second-order valence-electron chi connectivity index (χ2n) is 5.11. The molecule has 1 aliphatic rings. The van der Waals surface area contributed by atoms with Crippen LogP contribution in [0.4, 0.5) is 0 Å². The lowest BCUT2D eigenvalue weighted by molar-refractivity contribution is -0.0762. The maximum absolute atomic E-state index is 6.07. The van der Waals surface area contributed by atoms with Crippen molar-refractivity contribution in [3.8, 4) is 5.75 Å². The van der Waals surface area contributed by atoms with Crippen molar-refractivity contribution in [2.24, 2.45) is 0 Å². The van der Waals surface area contributed by atoms with Gasteiger partial charge in [0.05, 0.1) is 0 Å². The Morgan fingerprint density at radius 2 is 1.89 bits per heavy atom. The number of aryl methyl sites for hydroxylation is 2. The summed E-state index contributed by atoms with van der Waals surface area (Å²) < 4.78 is 13.1. The van der Waals surface area contributed by atoms with E-state index < -0.39 is 0 Å². The number of halogens is 2. The standard InChI is InChI=1S/C15H20Br2O2/c1-4-5-18-15-12(16)8-13(15)19-11-6-9(2)14(17)10(3)7-11/h6-7,12-13,15H,4-5,8H2,1-3H3. The van der Waals surface area contributed by atoms with Crippen molar-refractivity contribution in [3.05, 3.63) is 27.7 Å². The van der Waals surface area contributed by atoms with Crippen LogP contribution in [0, 0.1) is 13.8 Å². The Morgan fingerprint density at radius 3 is 2.42 bits per heavy atom. The van der Waals surface area contributed by atoms with Gasteiger partial charge in [-0.2, -0.15) is 0 Å². The molecule has 0 aromatic heterocycles. The molecule has 3 unspecified atom stereocenters.